The van der Waals surface area contributed by atoms with Crippen LogP contribution in [0.4, 0.5) is 0 Å². The maximum absolute atomic E-state index is 13.4. The molecule has 0 saturated carbocycles. The number of carbonyl (C=O) groups is 1. The molecule has 5 nitrogen and oxygen atoms in total. The number of rotatable bonds is 3. The van der Waals surface area contributed by atoms with Crippen LogP contribution in [0.1, 0.15) is 34.5 Å². The Morgan fingerprint density at radius 3 is 2.57 bits per heavy atom. The third-order valence-electron chi connectivity index (χ3n) is 6.86. The fourth-order valence-electron chi connectivity index (χ4n) is 5.42. The van der Waals surface area contributed by atoms with Crippen LogP contribution in [0.15, 0.2) is 48.5 Å². The molecule has 3 fully saturated rings. The zero-order chi connectivity index (χ0) is 18.7. The van der Waals surface area contributed by atoms with Gasteiger partial charge in [-0.1, -0.05) is 36.4 Å². The first-order valence-electron chi connectivity index (χ1n) is 10.3. The molecule has 3 saturated heterocycles. The number of piperidine rings is 3. The average molecular weight is 372 g/mol. The van der Waals surface area contributed by atoms with Gasteiger partial charge in [-0.25, -0.2) is 0 Å². The van der Waals surface area contributed by atoms with Crippen molar-refractivity contribution in [1.82, 2.24) is 19.6 Å². The number of fused-ring (bicyclic) bond motifs is 3. The van der Waals surface area contributed by atoms with Crippen LogP contribution in [-0.4, -0.2) is 51.2 Å². The lowest BCUT2D eigenvalue weighted by Gasteiger charge is -2.49. The van der Waals surface area contributed by atoms with Gasteiger partial charge in [0, 0.05) is 18.0 Å². The Labute approximate surface area is 164 Å². The van der Waals surface area contributed by atoms with E-state index in [4.69, 9.17) is 5.10 Å². The highest BCUT2D eigenvalue weighted by Gasteiger charge is 2.42. The van der Waals surface area contributed by atoms with Crippen LogP contribution in [-0.2, 0) is 13.1 Å². The number of hydrogen-bond acceptors (Lipinski definition) is 3. The Bertz CT molecular complexity index is 1050. The summed E-state index contributed by atoms with van der Waals surface area (Å²) < 4.78 is 2.07. The van der Waals surface area contributed by atoms with Gasteiger partial charge in [0.05, 0.1) is 29.9 Å². The number of nitrogens with zero attached hydrogens (tertiary/aromatic N) is 4. The van der Waals surface area contributed by atoms with Crippen molar-refractivity contribution in [1.29, 1.82) is 0 Å². The highest BCUT2D eigenvalue weighted by molar-refractivity contribution is 6.09. The monoisotopic (exact) mass is 372 g/mol. The van der Waals surface area contributed by atoms with Gasteiger partial charge in [-0.05, 0) is 49.5 Å². The van der Waals surface area contributed by atoms with E-state index in [2.05, 4.69) is 44.8 Å². The summed E-state index contributed by atoms with van der Waals surface area (Å²) >= 11 is 0. The van der Waals surface area contributed by atoms with Gasteiger partial charge in [-0.2, -0.15) is 5.10 Å². The predicted octanol–water partition coefficient (Wildman–Crippen LogP) is 3.13. The molecular formula is C23H24N4O. The lowest BCUT2D eigenvalue weighted by atomic mass is 9.82. The highest BCUT2D eigenvalue weighted by atomic mass is 16.2. The lowest BCUT2D eigenvalue weighted by Crippen LogP contribution is -2.59. The molecule has 4 aliphatic rings. The summed E-state index contributed by atoms with van der Waals surface area (Å²) in [6.45, 7) is 4.77. The second kappa shape index (κ2) is 6.17. The minimum Gasteiger partial charge on any atom is -0.328 e. The van der Waals surface area contributed by atoms with Crippen molar-refractivity contribution < 1.29 is 4.79 Å². The molecule has 2 aromatic carbocycles. The van der Waals surface area contributed by atoms with E-state index in [9.17, 15) is 4.79 Å². The van der Waals surface area contributed by atoms with Gasteiger partial charge in [0.1, 0.15) is 0 Å². The van der Waals surface area contributed by atoms with Crippen LogP contribution in [0.25, 0.3) is 10.9 Å². The van der Waals surface area contributed by atoms with Crippen LogP contribution in [0.2, 0.25) is 0 Å². The van der Waals surface area contributed by atoms with Crippen molar-refractivity contribution in [3.05, 3.63) is 65.4 Å². The molecule has 1 amide bonds. The van der Waals surface area contributed by atoms with Gasteiger partial charge in [0.25, 0.3) is 5.91 Å². The fraction of sp³-hybridized carbons (Fsp3) is 0.391. The molecule has 28 heavy (non-hydrogen) atoms. The van der Waals surface area contributed by atoms with Crippen molar-refractivity contribution in [3.8, 4) is 0 Å². The Morgan fingerprint density at radius 1 is 1.00 bits per heavy atom. The smallest absolute Gasteiger partial charge is 0.255 e. The number of amides is 1. The van der Waals surface area contributed by atoms with Crippen LogP contribution >= 0.6 is 0 Å². The third kappa shape index (κ3) is 2.42. The number of aromatic nitrogens is 2. The van der Waals surface area contributed by atoms with E-state index in [0.717, 1.165) is 35.2 Å². The van der Waals surface area contributed by atoms with Crippen LogP contribution < -0.4 is 0 Å². The molecule has 2 bridgehead atoms. The summed E-state index contributed by atoms with van der Waals surface area (Å²) in [5, 5.41) is 6.02. The van der Waals surface area contributed by atoms with Crippen LogP contribution in [0, 0.1) is 5.92 Å². The molecule has 7 rings (SSSR count). The molecule has 0 aliphatic carbocycles. The minimum absolute atomic E-state index is 0.191. The second-order valence-electron chi connectivity index (χ2n) is 8.43. The number of hydrogen-bond donors (Lipinski definition) is 0. The standard InChI is InChI=1S/C23H24N4O/c28-23-18-7-4-8-20-22(18)19(24-27(20)13-16-5-2-1-3-6-16)14-26(23)21-15-25-11-9-17(21)10-12-25/h1-8,17,21H,9-15H2. The number of carbonyl (C=O) groups excluding carboxylic acids is 1. The summed E-state index contributed by atoms with van der Waals surface area (Å²) in [4.78, 5) is 18.1. The van der Waals surface area contributed by atoms with Crippen molar-refractivity contribution in [2.75, 3.05) is 19.6 Å². The van der Waals surface area contributed by atoms with Gasteiger partial charge < -0.3 is 9.80 Å². The van der Waals surface area contributed by atoms with E-state index in [0.29, 0.717) is 18.5 Å². The second-order valence-corrected chi connectivity index (χ2v) is 8.43. The van der Waals surface area contributed by atoms with E-state index in [1.54, 1.807) is 0 Å². The normalized spacial score (nSPS) is 26.2. The molecular weight excluding hydrogens is 348 g/mol. The van der Waals surface area contributed by atoms with E-state index < -0.39 is 0 Å². The summed E-state index contributed by atoms with van der Waals surface area (Å²) in [6.07, 6.45) is 2.43. The first-order valence-corrected chi connectivity index (χ1v) is 10.3. The minimum atomic E-state index is 0.191. The van der Waals surface area contributed by atoms with E-state index in [1.165, 1.54) is 31.5 Å². The summed E-state index contributed by atoms with van der Waals surface area (Å²) in [7, 11) is 0. The van der Waals surface area contributed by atoms with Crippen LogP contribution in [0.3, 0.4) is 0 Å². The first-order chi connectivity index (χ1) is 13.8. The Kier molecular flexibility index (Phi) is 3.60. The summed E-state index contributed by atoms with van der Waals surface area (Å²) in [6, 6.07) is 16.8. The lowest BCUT2D eigenvalue weighted by molar-refractivity contribution is 0.00362. The van der Waals surface area contributed by atoms with Crippen molar-refractivity contribution in [2.24, 2.45) is 5.92 Å². The Hall–Kier alpha value is -2.66. The molecule has 0 N–H and O–H groups in total. The van der Waals surface area contributed by atoms with Gasteiger partial charge in [0.15, 0.2) is 0 Å². The zero-order valence-electron chi connectivity index (χ0n) is 15.9. The molecule has 142 valence electrons. The third-order valence-corrected chi connectivity index (χ3v) is 6.86. The molecule has 1 aromatic heterocycles. The zero-order valence-corrected chi connectivity index (χ0v) is 15.9. The van der Waals surface area contributed by atoms with Gasteiger partial charge >= 0.3 is 0 Å². The maximum atomic E-state index is 13.4. The SMILES string of the molecule is O=C1c2cccc3c2c(nn3Cc2ccccc2)CN1C1CN2CCC1CC2. The summed E-state index contributed by atoms with van der Waals surface area (Å²) in [5.41, 5.74) is 4.18. The summed E-state index contributed by atoms with van der Waals surface area (Å²) in [5.74, 6) is 0.831. The highest BCUT2D eigenvalue weighted by Crippen LogP contribution is 2.36. The molecule has 5 heteroatoms. The maximum Gasteiger partial charge on any atom is 0.255 e. The first kappa shape index (κ1) is 16.3. The van der Waals surface area contributed by atoms with Crippen LogP contribution in [0.5, 0.6) is 0 Å². The van der Waals surface area contributed by atoms with E-state index in [1.807, 2.05) is 18.2 Å². The number of benzene rings is 2. The average Bonchev–Trinajstić information content (AvgIpc) is 3.10. The Balaban J connectivity index is 1.40. The van der Waals surface area contributed by atoms with Gasteiger partial charge in [-0.15, -0.1) is 0 Å². The predicted molar refractivity (Wildman–Crippen MR) is 108 cm³/mol. The molecule has 0 spiro atoms. The van der Waals surface area contributed by atoms with Crippen molar-refractivity contribution in [3.63, 3.8) is 0 Å². The molecule has 1 atom stereocenters. The topological polar surface area (TPSA) is 41.4 Å². The molecule has 0 radical (unpaired) electrons. The van der Waals surface area contributed by atoms with Gasteiger partial charge in [-0.3, -0.25) is 9.48 Å². The van der Waals surface area contributed by atoms with E-state index in [-0.39, 0.29) is 5.91 Å². The Morgan fingerprint density at radius 2 is 1.82 bits per heavy atom. The molecule has 1 unspecified atom stereocenters. The molecule has 4 aliphatic heterocycles. The quantitative estimate of drug-likeness (QED) is 0.709. The molecule has 3 aromatic rings. The van der Waals surface area contributed by atoms with Crippen molar-refractivity contribution in [2.45, 2.75) is 32.0 Å². The van der Waals surface area contributed by atoms with Crippen molar-refractivity contribution >= 4 is 16.8 Å². The molecule has 5 heterocycles. The largest absolute Gasteiger partial charge is 0.328 e. The van der Waals surface area contributed by atoms with Gasteiger partial charge in [0.2, 0.25) is 0 Å². The van der Waals surface area contributed by atoms with E-state index >= 15 is 0 Å². The fourth-order valence-corrected chi connectivity index (χ4v) is 5.42.